The molecule has 2 aromatic rings. The second-order valence-corrected chi connectivity index (χ2v) is 5.14. The molecular formula is C15H17F2N3O. The van der Waals surface area contributed by atoms with Gasteiger partial charge in [-0.25, -0.2) is 13.8 Å². The second-order valence-electron chi connectivity index (χ2n) is 5.14. The van der Waals surface area contributed by atoms with Crippen molar-refractivity contribution >= 4 is 17.1 Å². The van der Waals surface area contributed by atoms with Crippen molar-refractivity contribution in [3.05, 3.63) is 36.8 Å². The van der Waals surface area contributed by atoms with Crippen LogP contribution in [0.15, 0.2) is 31.1 Å². The van der Waals surface area contributed by atoms with Crippen LogP contribution in [-0.4, -0.2) is 35.0 Å². The molecule has 4 nitrogen and oxygen atoms in total. The number of rotatable bonds is 4. The molecule has 3 rings (SSSR count). The third-order valence-electron chi connectivity index (χ3n) is 3.64. The first-order chi connectivity index (χ1) is 10.00. The average molecular weight is 293 g/mol. The van der Waals surface area contributed by atoms with E-state index in [4.69, 9.17) is 4.74 Å². The molecule has 21 heavy (non-hydrogen) atoms. The maximum Gasteiger partial charge on any atom is 0.266 e. The highest BCUT2D eigenvalue weighted by molar-refractivity contribution is 5.63. The number of alkyl halides is 2. The van der Waals surface area contributed by atoms with E-state index in [9.17, 15) is 8.78 Å². The Bertz CT molecular complexity index is 681. The van der Waals surface area contributed by atoms with Gasteiger partial charge in [-0.05, 0) is 13.0 Å². The summed E-state index contributed by atoms with van der Waals surface area (Å²) in [7, 11) is 0. The number of hydrogen-bond acceptors (Lipinski definition) is 3. The Balaban J connectivity index is 1.90. The maximum atomic E-state index is 13.3. The van der Waals surface area contributed by atoms with E-state index < -0.39 is 5.92 Å². The summed E-state index contributed by atoms with van der Waals surface area (Å²) in [6.07, 6.45) is 3.39. The van der Waals surface area contributed by atoms with Gasteiger partial charge in [-0.2, -0.15) is 0 Å². The monoisotopic (exact) mass is 293 g/mol. The van der Waals surface area contributed by atoms with Gasteiger partial charge < -0.3 is 9.64 Å². The van der Waals surface area contributed by atoms with Crippen LogP contribution in [0.3, 0.4) is 0 Å². The molecule has 1 saturated heterocycles. The normalized spacial score (nSPS) is 17.4. The van der Waals surface area contributed by atoms with Crippen LogP contribution in [0.25, 0.3) is 11.4 Å². The smallest absolute Gasteiger partial charge is 0.266 e. The van der Waals surface area contributed by atoms with E-state index in [1.54, 1.807) is 11.1 Å². The molecule has 6 heteroatoms. The zero-order chi connectivity index (χ0) is 15.0. The highest BCUT2D eigenvalue weighted by Gasteiger charge is 2.38. The fourth-order valence-electron chi connectivity index (χ4n) is 2.58. The summed E-state index contributed by atoms with van der Waals surface area (Å²) in [6, 6.07) is 3.63. The molecule has 0 bridgehead atoms. The standard InChI is InChI=1S/C15H17F2N3O/c1-3-21-11(2)13-9-18-14-8-12(4-6-20(13)14)19-7-5-15(16,17)10-19/h4,6,8-9H,2-3,5,7,10H2,1H3. The molecular weight excluding hydrogens is 276 g/mol. The average Bonchev–Trinajstić information content (AvgIpc) is 3.01. The molecule has 1 fully saturated rings. The zero-order valence-electron chi connectivity index (χ0n) is 11.9. The van der Waals surface area contributed by atoms with Crippen LogP contribution in [0.4, 0.5) is 14.5 Å². The molecule has 1 aliphatic rings. The number of aromatic nitrogens is 2. The van der Waals surface area contributed by atoms with E-state index in [-0.39, 0.29) is 13.0 Å². The third-order valence-corrected chi connectivity index (χ3v) is 3.64. The molecule has 0 spiro atoms. The SMILES string of the molecule is C=C(OCC)c1cnc2cc(N3CCC(F)(F)C3)ccn12. The third kappa shape index (κ3) is 2.57. The van der Waals surface area contributed by atoms with Crippen molar-refractivity contribution in [2.75, 3.05) is 24.6 Å². The van der Waals surface area contributed by atoms with Gasteiger partial charge >= 0.3 is 0 Å². The number of fused-ring (bicyclic) bond motifs is 1. The van der Waals surface area contributed by atoms with E-state index in [2.05, 4.69) is 11.6 Å². The lowest BCUT2D eigenvalue weighted by Crippen LogP contribution is -2.24. The van der Waals surface area contributed by atoms with Crippen molar-refractivity contribution in [3.63, 3.8) is 0 Å². The van der Waals surface area contributed by atoms with Gasteiger partial charge in [0.25, 0.3) is 5.92 Å². The lowest BCUT2D eigenvalue weighted by Gasteiger charge is -2.18. The topological polar surface area (TPSA) is 29.8 Å². The first kappa shape index (κ1) is 13.9. The molecule has 2 aromatic heterocycles. The van der Waals surface area contributed by atoms with Crippen molar-refractivity contribution in [1.29, 1.82) is 0 Å². The minimum atomic E-state index is -2.60. The minimum Gasteiger partial charge on any atom is -0.492 e. The second kappa shape index (κ2) is 5.02. The van der Waals surface area contributed by atoms with Crippen LogP contribution in [-0.2, 0) is 4.74 Å². The molecule has 1 aliphatic heterocycles. The van der Waals surface area contributed by atoms with Gasteiger partial charge in [0, 0.05) is 30.9 Å². The molecule has 0 saturated carbocycles. The molecule has 0 unspecified atom stereocenters. The van der Waals surface area contributed by atoms with E-state index in [0.717, 1.165) is 11.4 Å². The molecule has 3 heterocycles. The molecule has 0 aromatic carbocycles. The van der Waals surface area contributed by atoms with Crippen LogP contribution in [0.2, 0.25) is 0 Å². The summed E-state index contributed by atoms with van der Waals surface area (Å²) < 4.78 is 33.8. The van der Waals surface area contributed by atoms with Crippen molar-refractivity contribution < 1.29 is 13.5 Å². The van der Waals surface area contributed by atoms with Crippen molar-refractivity contribution in [2.24, 2.45) is 0 Å². The molecule has 0 radical (unpaired) electrons. The predicted octanol–water partition coefficient (Wildman–Crippen LogP) is 3.19. The number of pyridine rings is 1. The summed E-state index contributed by atoms with van der Waals surface area (Å²) in [5.41, 5.74) is 2.22. The first-order valence-corrected chi connectivity index (χ1v) is 6.92. The van der Waals surface area contributed by atoms with Crippen molar-refractivity contribution in [1.82, 2.24) is 9.38 Å². The minimum absolute atomic E-state index is 0.0982. The van der Waals surface area contributed by atoms with Gasteiger partial charge in [0.2, 0.25) is 0 Å². The number of hydrogen-bond donors (Lipinski definition) is 0. The van der Waals surface area contributed by atoms with Gasteiger partial charge in [0.15, 0.2) is 0 Å². The Hall–Kier alpha value is -2.11. The molecule has 0 N–H and O–H groups in total. The van der Waals surface area contributed by atoms with Gasteiger partial charge in [-0.1, -0.05) is 6.58 Å². The van der Waals surface area contributed by atoms with E-state index >= 15 is 0 Å². The van der Waals surface area contributed by atoms with E-state index in [0.29, 0.717) is 24.6 Å². The summed E-state index contributed by atoms with van der Waals surface area (Å²) in [4.78, 5) is 5.98. The lowest BCUT2D eigenvalue weighted by molar-refractivity contribution is 0.0257. The van der Waals surface area contributed by atoms with Gasteiger partial charge in [-0.3, -0.25) is 4.40 Å². The number of ether oxygens (including phenoxy) is 1. The Morgan fingerprint density at radius 1 is 1.52 bits per heavy atom. The molecule has 0 amide bonds. The highest BCUT2D eigenvalue weighted by Crippen LogP contribution is 2.31. The number of halogens is 2. The van der Waals surface area contributed by atoms with Crippen molar-refractivity contribution in [2.45, 2.75) is 19.3 Å². The van der Waals surface area contributed by atoms with Crippen LogP contribution < -0.4 is 4.90 Å². The maximum absolute atomic E-state index is 13.3. The lowest BCUT2D eigenvalue weighted by atomic mass is 10.3. The van der Waals surface area contributed by atoms with Crippen molar-refractivity contribution in [3.8, 4) is 0 Å². The largest absolute Gasteiger partial charge is 0.492 e. The molecule has 0 atom stereocenters. The van der Waals surface area contributed by atoms with Crippen LogP contribution in [0.1, 0.15) is 19.0 Å². The molecule has 0 aliphatic carbocycles. The van der Waals surface area contributed by atoms with Crippen LogP contribution in [0, 0.1) is 0 Å². The number of nitrogens with zero attached hydrogens (tertiary/aromatic N) is 3. The first-order valence-electron chi connectivity index (χ1n) is 6.92. The summed E-state index contributed by atoms with van der Waals surface area (Å²) in [5, 5.41) is 0. The van der Waals surface area contributed by atoms with Gasteiger partial charge in [0.05, 0.1) is 19.3 Å². The fraction of sp³-hybridized carbons (Fsp3) is 0.400. The Morgan fingerprint density at radius 3 is 3.00 bits per heavy atom. The summed E-state index contributed by atoms with van der Waals surface area (Å²) in [5.74, 6) is -2.05. The summed E-state index contributed by atoms with van der Waals surface area (Å²) >= 11 is 0. The van der Waals surface area contributed by atoms with Gasteiger partial charge in [0.1, 0.15) is 17.1 Å². The number of anilines is 1. The van der Waals surface area contributed by atoms with Crippen LogP contribution in [0.5, 0.6) is 0 Å². The Morgan fingerprint density at radius 2 is 2.33 bits per heavy atom. The fourth-order valence-corrected chi connectivity index (χ4v) is 2.58. The quantitative estimate of drug-likeness (QED) is 0.811. The Labute approximate surface area is 121 Å². The van der Waals surface area contributed by atoms with E-state index in [1.807, 2.05) is 29.7 Å². The molecule has 112 valence electrons. The highest BCUT2D eigenvalue weighted by atomic mass is 19.3. The Kier molecular flexibility index (Phi) is 3.31. The number of imidazole rings is 1. The van der Waals surface area contributed by atoms with Gasteiger partial charge in [-0.15, -0.1) is 0 Å². The van der Waals surface area contributed by atoms with E-state index in [1.165, 1.54) is 0 Å². The predicted molar refractivity (Wildman–Crippen MR) is 77.6 cm³/mol. The zero-order valence-corrected chi connectivity index (χ0v) is 11.9. The summed E-state index contributed by atoms with van der Waals surface area (Å²) in [6.45, 7) is 6.42. The van der Waals surface area contributed by atoms with Crippen LogP contribution >= 0.6 is 0 Å².